The van der Waals surface area contributed by atoms with Gasteiger partial charge in [-0.3, -0.25) is 9.59 Å². The molecule has 2 amide bonds. The van der Waals surface area contributed by atoms with Crippen LogP contribution in [-0.2, 0) is 4.79 Å². The number of hydrogen-bond acceptors (Lipinski definition) is 3. The highest BCUT2D eigenvalue weighted by Gasteiger charge is 2.42. The number of halogens is 1. The summed E-state index contributed by atoms with van der Waals surface area (Å²) in [7, 11) is 0. The largest absolute Gasteiger partial charge is 0.354 e. The third-order valence-corrected chi connectivity index (χ3v) is 6.62. The van der Waals surface area contributed by atoms with Crippen molar-refractivity contribution in [2.45, 2.75) is 50.9 Å². The Morgan fingerprint density at radius 2 is 1.90 bits per heavy atom. The van der Waals surface area contributed by atoms with E-state index < -0.39 is 11.4 Å². The molecule has 0 spiro atoms. The van der Waals surface area contributed by atoms with Crippen molar-refractivity contribution in [2.24, 2.45) is 0 Å². The van der Waals surface area contributed by atoms with Crippen LogP contribution >= 0.6 is 11.8 Å². The number of amides is 2. The second kappa shape index (κ2) is 10.6. The lowest BCUT2D eigenvalue weighted by Crippen LogP contribution is -2.48. The SMILES string of the molecule is CCCCCCNC(=O)C1CSC(c2cccc(F)c2)N1C(=O)c1ccc(C)cc1. The number of nitrogens with one attached hydrogen (secondary N) is 1. The molecule has 30 heavy (non-hydrogen) atoms. The minimum Gasteiger partial charge on any atom is -0.354 e. The van der Waals surface area contributed by atoms with E-state index in [-0.39, 0.29) is 17.6 Å². The monoisotopic (exact) mass is 428 g/mol. The summed E-state index contributed by atoms with van der Waals surface area (Å²) in [5.74, 6) is -0.210. The maximum atomic E-state index is 13.8. The molecule has 1 fully saturated rings. The Labute approximate surface area is 182 Å². The smallest absolute Gasteiger partial charge is 0.255 e. The van der Waals surface area contributed by atoms with Gasteiger partial charge in [0.25, 0.3) is 5.91 Å². The van der Waals surface area contributed by atoms with Crippen molar-refractivity contribution in [3.63, 3.8) is 0 Å². The molecular formula is C24H29FN2O2S. The number of benzene rings is 2. The Balaban J connectivity index is 1.81. The molecule has 2 unspecified atom stereocenters. The molecule has 2 atom stereocenters. The minimum absolute atomic E-state index is 0.140. The van der Waals surface area contributed by atoms with Gasteiger partial charge in [0.1, 0.15) is 17.2 Å². The Morgan fingerprint density at radius 1 is 1.13 bits per heavy atom. The molecule has 1 saturated heterocycles. The number of carbonyl (C=O) groups is 2. The molecule has 1 aliphatic rings. The van der Waals surface area contributed by atoms with Crippen molar-refractivity contribution < 1.29 is 14.0 Å². The molecule has 0 saturated carbocycles. The molecule has 6 heteroatoms. The molecule has 4 nitrogen and oxygen atoms in total. The van der Waals surface area contributed by atoms with Gasteiger partial charge in [0.15, 0.2) is 0 Å². The summed E-state index contributed by atoms with van der Waals surface area (Å²) in [6, 6.07) is 13.0. The van der Waals surface area contributed by atoms with E-state index in [0.29, 0.717) is 23.4 Å². The fourth-order valence-electron chi connectivity index (χ4n) is 3.60. The summed E-state index contributed by atoms with van der Waals surface area (Å²) >= 11 is 1.50. The highest BCUT2D eigenvalue weighted by atomic mass is 32.2. The Morgan fingerprint density at radius 3 is 2.60 bits per heavy atom. The second-order valence-corrected chi connectivity index (χ2v) is 8.80. The highest BCUT2D eigenvalue weighted by molar-refractivity contribution is 7.99. The van der Waals surface area contributed by atoms with Crippen molar-refractivity contribution in [3.8, 4) is 0 Å². The maximum Gasteiger partial charge on any atom is 0.255 e. The average molecular weight is 429 g/mol. The summed E-state index contributed by atoms with van der Waals surface area (Å²) in [5, 5.41) is 2.59. The van der Waals surface area contributed by atoms with Gasteiger partial charge in [-0.15, -0.1) is 11.8 Å². The number of hydrogen-bond donors (Lipinski definition) is 1. The van der Waals surface area contributed by atoms with E-state index in [4.69, 9.17) is 0 Å². The third-order valence-electron chi connectivity index (χ3n) is 5.30. The van der Waals surface area contributed by atoms with Gasteiger partial charge in [-0.1, -0.05) is 56.0 Å². The Bertz CT molecular complexity index is 872. The number of rotatable bonds is 8. The van der Waals surface area contributed by atoms with Crippen LogP contribution in [0.2, 0.25) is 0 Å². The standard InChI is InChI=1S/C24H29FN2O2S/c1-3-4-5-6-14-26-22(28)21-16-30-24(19-8-7-9-20(25)15-19)27(21)23(29)18-12-10-17(2)11-13-18/h7-13,15,21,24H,3-6,14,16H2,1-2H3,(H,26,28). The first-order chi connectivity index (χ1) is 14.5. The van der Waals surface area contributed by atoms with Crippen LogP contribution < -0.4 is 5.32 Å². The summed E-state index contributed by atoms with van der Waals surface area (Å²) in [6.07, 6.45) is 4.29. The predicted octanol–water partition coefficient (Wildman–Crippen LogP) is 5.09. The molecule has 0 bridgehead atoms. The van der Waals surface area contributed by atoms with Gasteiger partial charge in [-0.2, -0.15) is 0 Å². The fraction of sp³-hybridized carbons (Fsp3) is 0.417. The number of unbranched alkanes of at least 4 members (excludes halogenated alkanes) is 3. The van der Waals surface area contributed by atoms with E-state index in [2.05, 4.69) is 12.2 Å². The lowest BCUT2D eigenvalue weighted by atomic mass is 10.1. The average Bonchev–Trinajstić information content (AvgIpc) is 3.19. The highest BCUT2D eigenvalue weighted by Crippen LogP contribution is 2.42. The van der Waals surface area contributed by atoms with Crippen LogP contribution in [0.4, 0.5) is 4.39 Å². The summed E-state index contributed by atoms with van der Waals surface area (Å²) in [6.45, 7) is 4.72. The van der Waals surface area contributed by atoms with Crippen molar-refractivity contribution in [3.05, 3.63) is 71.0 Å². The van der Waals surface area contributed by atoms with Crippen LogP contribution in [0.15, 0.2) is 48.5 Å². The lowest BCUT2D eigenvalue weighted by molar-refractivity contribution is -0.124. The first kappa shape index (κ1) is 22.3. The Hall–Kier alpha value is -2.34. The molecule has 0 radical (unpaired) electrons. The number of thioether (sulfide) groups is 1. The topological polar surface area (TPSA) is 49.4 Å². The van der Waals surface area contributed by atoms with Gasteiger partial charge in [0.05, 0.1) is 0 Å². The number of nitrogens with zero attached hydrogens (tertiary/aromatic N) is 1. The molecule has 2 aromatic carbocycles. The minimum atomic E-state index is -0.580. The van der Waals surface area contributed by atoms with Gasteiger partial charge in [0.2, 0.25) is 5.91 Å². The first-order valence-electron chi connectivity index (χ1n) is 10.6. The van der Waals surface area contributed by atoms with Gasteiger partial charge >= 0.3 is 0 Å². The van der Waals surface area contributed by atoms with Crippen LogP contribution in [0, 0.1) is 12.7 Å². The molecule has 0 aromatic heterocycles. The van der Waals surface area contributed by atoms with Crippen LogP contribution in [0.3, 0.4) is 0 Å². The van der Waals surface area contributed by atoms with Crippen molar-refractivity contribution >= 4 is 23.6 Å². The van der Waals surface area contributed by atoms with Crippen LogP contribution in [0.25, 0.3) is 0 Å². The van der Waals surface area contributed by atoms with Crippen molar-refractivity contribution in [1.29, 1.82) is 0 Å². The van der Waals surface area contributed by atoms with Gasteiger partial charge in [0, 0.05) is 17.9 Å². The van der Waals surface area contributed by atoms with Crippen LogP contribution in [0.1, 0.15) is 59.5 Å². The predicted molar refractivity (Wildman–Crippen MR) is 120 cm³/mol. The van der Waals surface area contributed by atoms with Gasteiger partial charge in [-0.25, -0.2) is 4.39 Å². The van der Waals surface area contributed by atoms with E-state index in [0.717, 1.165) is 31.2 Å². The normalized spacial score (nSPS) is 18.4. The molecule has 0 aliphatic carbocycles. The third kappa shape index (κ3) is 5.42. The number of carbonyl (C=O) groups excluding carboxylic acids is 2. The van der Waals surface area contributed by atoms with Crippen LogP contribution in [-0.4, -0.2) is 35.1 Å². The molecule has 1 aliphatic heterocycles. The van der Waals surface area contributed by atoms with E-state index in [1.807, 2.05) is 19.1 Å². The summed E-state index contributed by atoms with van der Waals surface area (Å²) < 4.78 is 13.8. The molecule has 160 valence electrons. The van der Waals surface area contributed by atoms with E-state index in [9.17, 15) is 14.0 Å². The quantitative estimate of drug-likeness (QED) is 0.596. The van der Waals surface area contributed by atoms with Crippen LogP contribution in [0.5, 0.6) is 0 Å². The second-order valence-electron chi connectivity index (χ2n) is 7.69. The van der Waals surface area contributed by atoms with E-state index in [1.54, 1.807) is 29.2 Å². The zero-order valence-electron chi connectivity index (χ0n) is 17.6. The molecule has 2 aromatic rings. The van der Waals surface area contributed by atoms with Crippen molar-refractivity contribution in [1.82, 2.24) is 10.2 Å². The van der Waals surface area contributed by atoms with Crippen molar-refractivity contribution in [2.75, 3.05) is 12.3 Å². The van der Waals surface area contributed by atoms with E-state index >= 15 is 0 Å². The number of aryl methyl sites for hydroxylation is 1. The molecular weight excluding hydrogens is 399 g/mol. The zero-order valence-corrected chi connectivity index (χ0v) is 18.4. The zero-order chi connectivity index (χ0) is 21.5. The van der Waals surface area contributed by atoms with Gasteiger partial charge in [-0.05, 0) is 43.2 Å². The summed E-state index contributed by atoms with van der Waals surface area (Å²) in [4.78, 5) is 27.9. The molecule has 1 heterocycles. The van der Waals surface area contributed by atoms with E-state index in [1.165, 1.54) is 23.9 Å². The maximum absolute atomic E-state index is 13.8. The summed E-state index contributed by atoms with van der Waals surface area (Å²) in [5.41, 5.74) is 2.29. The first-order valence-corrected chi connectivity index (χ1v) is 11.6. The lowest BCUT2D eigenvalue weighted by Gasteiger charge is -2.29. The fourth-order valence-corrected chi connectivity index (χ4v) is 5.02. The molecule has 1 N–H and O–H groups in total. The Kier molecular flexibility index (Phi) is 7.91. The van der Waals surface area contributed by atoms with Gasteiger partial charge < -0.3 is 10.2 Å². The molecule has 3 rings (SSSR count).